The number of aliphatic carboxylic acids is 1. The highest BCUT2D eigenvalue weighted by molar-refractivity contribution is 5.86. The molecule has 1 atom stereocenters. The molecule has 1 amide bonds. The standard InChI is InChI=1S/C20H21NO5/c1-25-17-8-7-13(9-18(17)26-2)10-19(22)21-12-15-6-4-3-5-14(15)11-16(21)20(23)24/h3-9,16H,10-12H2,1-2H3,(H,23,24). The molecule has 0 saturated heterocycles. The zero-order chi connectivity index (χ0) is 18.7. The SMILES string of the molecule is COc1ccc(CC(=O)N2Cc3ccccc3CC2C(=O)O)cc1OC. The molecular weight excluding hydrogens is 334 g/mol. The molecule has 6 heteroatoms. The molecule has 0 aromatic heterocycles. The molecule has 1 unspecified atom stereocenters. The van der Waals surface area contributed by atoms with E-state index in [4.69, 9.17) is 9.47 Å². The molecule has 1 aliphatic heterocycles. The van der Waals surface area contributed by atoms with Crippen LogP contribution in [-0.4, -0.2) is 42.1 Å². The van der Waals surface area contributed by atoms with Crippen molar-refractivity contribution in [2.75, 3.05) is 14.2 Å². The van der Waals surface area contributed by atoms with Crippen molar-refractivity contribution in [2.24, 2.45) is 0 Å². The molecule has 136 valence electrons. The van der Waals surface area contributed by atoms with Crippen LogP contribution in [0, 0.1) is 0 Å². The number of carbonyl (C=O) groups is 2. The van der Waals surface area contributed by atoms with Crippen molar-refractivity contribution in [1.29, 1.82) is 0 Å². The van der Waals surface area contributed by atoms with Crippen molar-refractivity contribution in [1.82, 2.24) is 4.90 Å². The highest BCUT2D eigenvalue weighted by atomic mass is 16.5. The number of ether oxygens (including phenoxy) is 2. The summed E-state index contributed by atoms with van der Waals surface area (Å²) < 4.78 is 10.5. The smallest absolute Gasteiger partial charge is 0.326 e. The molecule has 2 aromatic carbocycles. The van der Waals surface area contributed by atoms with Gasteiger partial charge in [-0.1, -0.05) is 30.3 Å². The first-order chi connectivity index (χ1) is 12.5. The molecule has 2 aromatic rings. The minimum Gasteiger partial charge on any atom is -0.493 e. The first-order valence-electron chi connectivity index (χ1n) is 8.33. The maximum absolute atomic E-state index is 12.8. The maximum atomic E-state index is 12.8. The van der Waals surface area contributed by atoms with Gasteiger partial charge in [0.1, 0.15) is 6.04 Å². The third-order valence-electron chi connectivity index (χ3n) is 4.66. The van der Waals surface area contributed by atoms with Crippen molar-refractivity contribution < 1.29 is 24.2 Å². The molecule has 0 radical (unpaired) electrons. The molecule has 6 nitrogen and oxygen atoms in total. The fourth-order valence-corrected chi connectivity index (χ4v) is 3.27. The topological polar surface area (TPSA) is 76.1 Å². The zero-order valence-electron chi connectivity index (χ0n) is 14.8. The summed E-state index contributed by atoms with van der Waals surface area (Å²) >= 11 is 0. The summed E-state index contributed by atoms with van der Waals surface area (Å²) in [7, 11) is 3.08. The Morgan fingerprint density at radius 3 is 2.42 bits per heavy atom. The first kappa shape index (κ1) is 17.8. The molecule has 1 heterocycles. The zero-order valence-corrected chi connectivity index (χ0v) is 14.8. The fraction of sp³-hybridized carbons (Fsp3) is 0.300. The molecule has 0 bridgehead atoms. The van der Waals surface area contributed by atoms with E-state index in [2.05, 4.69) is 0 Å². The number of rotatable bonds is 5. The van der Waals surface area contributed by atoms with E-state index in [0.717, 1.165) is 16.7 Å². The van der Waals surface area contributed by atoms with E-state index in [-0.39, 0.29) is 12.3 Å². The second-order valence-corrected chi connectivity index (χ2v) is 6.21. The Morgan fingerprint density at radius 2 is 1.77 bits per heavy atom. The molecule has 1 aliphatic rings. The summed E-state index contributed by atoms with van der Waals surface area (Å²) in [6.45, 7) is 0.305. The van der Waals surface area contributed by atoms with Crippen LogP contribution < -0.4 is 9.47 Å². The Kier molecular flexibility index (Phi) is 5.11. The number of fused-ring (bicyclic) bond motifs is 1. The average molecular weight is 355 g/mol. The van der Waals surface area contributed by atoms with E-state index in [1.807, 2.05) is 24.3 Å². The van der Waals surface area contributed by atoms with E-state index in [0.29, 0.717) is 24.5 Å². The second kappa shape index (κ2) is 7.47. The second-order valence-electron chi connectivity index (χ2n) is 6.21. The van der Waals surface area contributed by atoms with Crippen LogP contribution >= 0.6 is 0 Å². The number of amides is 1. The third kappa shape index (κ3) is 3.49. The summed E-state index contributed by atoms with van der Waals surface area (Å²) in [5.41, 5.74) is 2.72. The average Bonchev–Trinajstić information content (AvgIpc) is 2.66. The van der Waals surface area contributed by atoms with Gasteiger partial charge >= 0.3 is 5.97 Å². The number of carbonyl (C=O) groups excluding carboxylic acids is 1. The summed E-state index contributed by atoms with van der Waals surface area (Å²) in [5, 5.41) is 9.57. The van der Waals surface area contributed by atoms with Gasteiger partial charge < -0.3 is 19.5 Å². The highest BCUT2D eigenvalue weighted by Crippen LogP contribution is 2.29. The van der Waals surface area contributed by atoms with Crippen LogP contribution in [0.4, 0.5) is 0 Å². The van der Waals surface area contributed by atoms with Gasteiger partial charge in [0.2, 0.25) is 5.91 Å². The summed E-state index contributed by atoms with van der Waals surface area (Å²) in [4.78, 5) is 26.0. The molecule has 0 fully saturated rings. The lowest BCUT2D eigenvalue weighted by Crippen LogP contribution is -2.49. The molecule has 1 N–H and O–H groups in total. The number of carboxylic acid groups (broad SMARTS) is 1. The largest absolute Gasteiger partial charge is 0.493 e. The van der Waals surface area contributed by atoms with Crippen molar-refractivity contribution in [3.05, 3.63) is 59.2 Å². The predicted octanol–water partition coefficient (Wildman–Crippen LogP) is 2.28. The van der Waals surface area contributed by atoms with Crippen molar-refractivity contribution >= 4 is 11.9 Å². The number of hydrogen-bond donors (Lipinski definition) is 1. The summed E-state index contributed by atoms with van der Waals surface area (Å²) in [6.07, 6.45) is 0.426. The van der Waals surface area contributed by atoms with E-state index in [9.17, 15) is 14.7 Å². The van der Waals surface area contributed by atoms with Gasteiger partial charge in [-0.25, -0.2) is 4.79 Å². The van der Waals surface area contributed by atoms with E-state index in [1.165, 1.54) is 12.0 Å². The van der Waals surface area contributed by atoms with Gasteiger partial charge in [0.25, 0.3) is 0 Å². The minimum absolute atomic E-state index is 0.103. The van der Waals surface area contributed by atoms with Crippen LogP contribution in [0.2, 0.25) is 0 Å². The number of hydrogen-bond acceptors (Lipinski definition) is 4. The van der Waals surface area contributed by atoms with Gasteiger partial charge in [-0.05, 0) is 28.8 Å². The van der Waals surface area contributed by atoms with Crippen LogP contribution in [0.25, 0.3) is 0 Å². The normalized spacial score (nSPS) is 15.9. The molecule has 0 saturated carbocycles. The van der Waals surface area contributed by atoms with Gasteiger partial charge in [0.15, 0.2) is 11.5 Å². The lowest BCUT2D eigenvalue weighted by Gasteiger charge is -2.34. The Labute approximate surface area is 152 Å². The molecule has 26 heavy (non-hydrogen) atoms. The third-order valence-corrected chi connectivity index (χ3v) is 4.66. The number of methoxy groups -OCH3 is 2. The quantitative estimate of drug-likeness (QED) is 0.891. The monoisotopic (exact) mass is 355 g/mol. The van der Waals surface area contributed by atoms with Crippen LogP contribution in [0.3, 0.4) is 0 Å². The van der Waals surface area contributed by atoms with Gasteiger partial charge in [0, 0.05) is 13.0 Å². The lowest BCUT2D eigenvalue weighted by atomic mass is 9.93. The highest BCUT2D eigenvalue weighted by Gasteiger charge is 2.34. The number of nitrogens with zero attached hydrogens (tertiary/aromatic N) is 1. The Morgan fingerprint density at radius 1 is 1.08 bits per heavy atom. The Bertz CT molecular complexity index is 833. The number of carboxylic acids is 1. The van der Waals surface area contributed by atoms with Crippen molar-refractivity contribution in [3.63, 3.8) is 0 Å². The molecular formula is C20H21NO5. The van der Waals surface area contributed by atoms with E-state index in [1.54, 1.807) is 25.3 Å². The van der Waals surface area contributed by atoms with E-state index < -0.39 is 12.0 Å². The van der Waals surface area contributed by atoms with Gasteiger partial charge in [-0.2, -0.15) is 0 Å². The predicted molar refractivity (Wildman–Crippen MR) is 95.4 cm³/mol. The van der Waals surface area contributed by atoms with E-state index >= 15 is 0 Å². The molecule has 0 aliphatic carbocycles. The first-order valence-corrected chi connectivity index (χ1v) is 8.33. The lowest BCUT2D eigenvalue weighted by molar-refractivity contribution is -0.151. The summed E-state index contributed by atoms with van der Waals surface area (Å²) in [5.74, 6) is -0.0881. The molecule has 0 spiro atoms. The van der Waals surface area contributed by atoms with Crippen molar-refractivity contribution in [3.8, 4) is 11.5 Å². The minimum atomic E-state index is -0.986. The van der Waals surface area contributed by atoms with Gasteiger partial charge in [0.05, 0.1) is 20.6 Å². The fourth-order valence-electron chi connectivity index (χ4n) is 3.27. The van der Waals surface area contributed by atoms with Gasteiger partial charge in [-0.15, -0.1) is 0 Å². The van der Waals surface area contributed by atoms with Crippen LogP contribution in [0.5, 0.6) is 11.5 Å². The van der Waals surface area contributed by atoms with Crippen molar-refractivity contribution in [2.45, 2.75) is 25.4 Å². The number of benzene rings is 2. The van der Waals surface area contributed by atoms with Crippen LogP contribution in [-0.2, 0) is 29.0 Å². The van der Waals surface area contributed by atoms with Crippen LogP contribution in [0.1, 0.15) is 16.7 Å². The van der Waals surface area contributed by atoms with Crippen LogP contribution in [0.15, 0.2) is 42.5 Å². The van der Waals surface area contributed by atoms with Gasteiger partial charge in [-0.3, -0.25) is 4.79 Å². The summed E-state index contributed by atoms with van der Waals surface area (Å²) in [6, 6.07) is 12.1. The molecule has 3 rings (SSSR count). The maximum Gasteiger partial charge on any atom is 0.326 e. The Hall–Kier alpha value is -3.02. The Balaban J connectivity index is 1.83.